The lowest BCUT2D eigenvalue weighted by Gasteiger charge is -2.22. The van der Waals surface area contributed by atoms with Crippen molar-refractivity contribution in [3.8, 4) is 0 Å². The molecule has 4 atom stereocenters. The summed E-state index contributed by atoms with van der Waals surface area (Å²) in [4.78, 5) is 11.7. The van der Waals surface area contributed by atoms with Crippen LogP contribution in [-0.4, -0.2) is 15.4 Å². The van der Waals surface area contributed by atoms with Crippen molar-refractivity contribution < 1.29 is 4.79 Å². The van der Waals surface area contributed by atoms with Gasteiger partial charge >= 0.3 is 0 Å². The molecule has 0 aliphatic heterocycles. The number of halogens is 6. The van der Waals surface area contributed by atoms with Crippen molar-refractivity contribution in [1.82, 2.24) is 0 Å². The molecule has 1 nitrogen and oxygen atoms in total. The number of hydrogen-bond donors (Lipinski definition) is 0. The molecule has 0 bridgehead atoms. The van der Waals surface area contributed by atoms with Gasteiger partial charge in [-0.3, -0.25) is 4.79 Å². The third-order valence-electron chi connectivity index (χ3n) is 3.43. The zero-order valence-electron chi connectivity index (χ0n) is 12.1. The molecule has 0 aromatic heterocycles. The van der Waals surface area contributed by atoms with Crippen molar-refractivity contribution in [1.29, 1.82) is 0 Å². The first-order valence-electron chi connectivity index (χ1n) is 6.92. The predicted molar refractivity (Wildman–Crippen MR) is 117 cm³/mol. The smallest absolute Gasteiger partial charge is 0.162 e. The Balaban J connectivity index is 2.10. The highest BCUT2D eigenvalue weighted by Gasteiger charge is 2.33. The van der Waals surface area contributed by atoms with E-state index in [0.717, 1.165) is 11.1 Å². The minimum Gasteiger partial charge on any atom is -0.297 e. The zero-order valence-corrected chi connectivity index (χ0v) is 20.0. The summed E-state index contributed by atoms with van der Waals surface area (Å²) in [6.07, 6.45) is 0. The molecule has 0 spiro atoms. The second-order valence-electron chi connectivity index (χ2n) is 5.11. The highest BCUT2D eigenvalue weighted by Crippen LogP contribution is 2.38. The SMILES string of the molecule is O=C(C(Br)C(Br)c1ccc(Cl)cc1)C(Br)C(Br)c1ccc(Cl)cc1. The van der Waals surface area contributed by atoms with Crippen LogP contribution in [0.15, 0.2) is 48.5 Å². The fourth-order valence-corrected chi connectivity index (χ4v) is 4.99. The van der Waals surface area contributed by atoms with Gasteiger partial charge < -0.3 is 0 Å². The zero-order chi connectivity index (χ0) is 17.9. The summed E-state index contributed by atoms with van der Waals surface area (Å²) in [5.41, 5.74) is 1.96. The van der Waals surface area contributed by atoms with E-state index >= 15 is 0 Å². The Morgan fingerprint density at radius 1 is 0.667 bits per heavy atom. The minimum atomic E-state index is -0.393. The van der Waals surface area contributed by atoms with E-state index in [2.05, 4.69) is 63.7 Å². The Labute approximate surface area is 185 Å². The molecule has 0 heterocycles. The van der Waals surface area contributed by atoms with E-state index in [9.17, 15) is 4.79 Å². The molecular formula is C17H12Br4Cl2O. The molecule has 0 saturated carbocycles. The van der Waals surface area contributed by atoms with E-state index in [4.69, 9.17) is 23.2 Å². The maximum absolute atomic E-state index is 12.8. The number of Topliss-reactive ketones (excluding diaryl/α,β-unsaturated/α-hetero) is 1. The van der Waals surface area contributed by atoms with Crippen LogP contribution >= 0.6 is 86.9 Å². The molecule has 2 aromatic carbocycles. The fraction of sp³-hybridized carbons (Fsp3) is 0.235. The van der Waals surface area contributed by atoms with Crippen LogP contribution in [0.4, 0.5) is 0 Å². The first-order valence-corrected chi connectivity index (χ1v) is 11.3. The molecule has 0 fully saturated rings. The Morgan fingerprint density at radius 2 is 0.958 bits per heavy atom. The van der Waals surface area contributed by atoms with Crippen molar-refractivity contribution in [2.75, 3.05) is 0 Å². The molecule has 0 amide bonds. The highest BCUT2D eigenvalue weighted by molar-refractivity contribution is 9.13. The molecule has 0 radical (unpaired) electrons. The largest absolute Gasteiger partial charge is 0.297 e. The summed E-state index contributed by atoms with van der Waals surface area (Å²) in [6, 6.07) is 14.8. The van der Waals surface area contributed by atoms with Crippen LogP contribution in [0.3, 0.4) is 0 Å². The summed E-state index contributed by atoms with van der Waals surface area (Å²) in [5, 5.41) is 1.33. The number of hydrogen-bond acceptors (Lipinski definition) is 1. The van der Waals surface area contributed by atoms with Gasteiger partial charge in [-0.1, -0.05) is 111 Å². The van der Waals surface area contributed by atoms with E-state index in [1.165, 1.54) is 0 Å². The van der Waals surface area contributed by atoms with Gasteiger partial charge in [0.25, 0.3) is 0 Å². The highest BCUT2D eigenvalue weighted by atomic mass is 79.9. The molecule has 0 saturated heterocycles. The number of ketones is 1. The standard InChI is InChI=1S/C17H12Br4Cl2O/c18-13(9-1-5-11(22)6-2-9)15(20)17(24)16(21)14(19)10-3-7-12(23)8-4-10/h1-8,13-16H. The molecule has 128 valence electrons. The van der Waals surface area contributed by atoms with E-state index in [1.807, 2.05) is 48.5 Å². The Morgan fingerprint density at radius 3 is 1.25 bits per heavy atom. The molecule has 7 heteroatoms. The van der Waals surface area contributed by atoms with Gasteiger partial charge in [0, 0.05) is 10.0 Å². The number of benzene rings is 2. The van der Waals surface area contributed by atoms with Crippen molar-refractivity contribution in [2.45, 2.75) is 19.3 Å². The van der Waals surface area contributed by atoms with Crippen LogP contribution in [0.25, 0.3) is 0 Å². The third kappa shape index (κ3) is 5.31. The Bertz CT molecular complexity index is 631. The van der Waals surface area contributed by atoms with Crippen LogP contribution < -0.4 is 0 Å². The lowest BCUT2D eigenvalue weighted by Crippen LogP contribution is -2.29. The Kier molecular flexibility index (Phi) is 8.30. The molecule has 2 aromatic rings. The first kappa shape index (κ1) is 20.9. The predicted octanol–water partition coefficient (Wildman–Crippen LogP) is 7.66. The van der Waals surface area contributed by atoms with Gasteiger partial charge in [-0.2, -0.15) is 0 Å². The lowest BCUT2D eigenvalue weighted by molar-refractivity contribution is -0.117. The van der Waals surface area contributed by atoms with Crippen LogP contribution in [0.1, 0.15) is 20.8 Å². The van der Waals surface area contributed by atoms with Crippen molar-refractivity contribution >= 4 is 92.7 Å². The first-order chi connectivity index (χ1) is 11.3. The van der Waals surface area contributed by atoms with E-state index in [1.54, 1.807) is 0 Å². The monoisotopic (exact) mass is 618 g/mol. The van der Waals surface area contributed by atoms with E-state index in [-0.39, 0.29) is 15.4 Å². The van der Waals surface area contributed by atoms with Gasteiger partial charge in [-0.05, 0) is 35.4 Å². The molecule has 24 heavy (non-hydrogen) atoms. The summed E-state index contributed by atoms with van der Waals surface area (Å²) in [6.45, 7) is 0. The summed E-state index contributed by atoms with van der Waals surface area (Å²) < 4.78 is 0. The van der Waals surface area contributed by atoms with Gasteiger partial charge in [-0.25, -0.2) is 0 Å². The maximum atomic E-state index is 12.8. The molecule has 2 rings (SSSR count). The third-order valence-corrected chi connectivity index (χ3v) is 9.43. The topological polar surface area (TPSA) is 17.1 Å². The molecule has 0 aliphatic rings. The maximum Gasteiger partial charge on any atom is 0.162 e. The quantitative estimate of drug-likeness (QED) is 0.303. The van der Waals surface area contributed by atoms with Gasteiger partial charge in [0.1, 0.15) is 0 Å². The normalized spacial score (nSPS) is 16.2. The number of alkyl halides is 4. The van der Waals surface area contributed by atoms with Gasteiger partial charge in [0.2, 0.25) is 0 Å². The summed E-state index contributed by atoms with van der Waals surface area (Å²) in [5.74, 6) is 0.0312. The molecular weight excluding hydrogens is 611 g/mol. The fourth-order valence-electron chi connectivity index (χ4n) is 2.07. The Hall–Kier alpha value is 0.610. The molecule has 4 unspecified atom stereocenters. The average Bonchev–Trinajstić information content (AvgIpc) is 2.60. The van der Waals surface area contributed by atoms with Crippen molar-refractivity contribution in [3.05, 3.63) is 69.7 Å². The molecule has 0 N–H and O–H groups in total. The van der Waals surface area contributed by atoms with Crippen molar-refractivity contribution in [2.24, 2.45) is 0 Å². The molecule has 0 aliphatic carbocycles. The van der Waals surface area contributed by atoms with Crippen molar-refractivity contribution in [3.63, 3.8) is 0 Å². The average molecular weight is 623 g/mol. The van der Waals surface area contributed by atoms with Crippen LogP contribution in [0.2, 0.25) is 10.0 Å². The number of carbonyl (C=O) groups is 1. The van der Waals surface area contributed by atoms with Gasteiger partial charge in [-0.15, -0.1) is 0 Å². The number of carbonyl (C=O) groups excluding carboxylic acids is 1. The van der Waals surface area contributed by atoms with E-state index in [0.29, 0.717) is 10.0 Å². The van der Waals surface area contributed by atoms with E-state index < -0.39 is 9.65 Å². The van der Waals surface area contributed by atoms with Crippen LogP contribution in [0.5, 0.6) is 0 Å². The van der Waals surface area contributed by atoms with Gasteiger partial charge in [0.05, 0.1) is 19.3 Å². The van der Waals surface area contributed by atoms with Crippen LogP contribution in [-0.2, 0) is 4.79 Å². The minimum absolute atomic E-state index is 0.0312. The van der Waals surface area contributed by atoms with Gasteiger partial charge in [0.15, 0.2) is 5.78 Å². The lowest BCUT2D eigenvalue weighted by atomic mass is 10.0. The van der Waals surface area contributed by atoms with Crippen LogP contribution in [0, 0.1) is 0 Å². The second kappa shape index (κ2) is 9.52. The second-order valence-corrected chi connectivity index (χ2v) is 9.93. The summed E-state index contributed by atoms with van der Waals surface area (Å²) in [7, 11) is 0. The summed E-state index contributed by atoms with van der Waals surface area (Å²) >= 11 is 26.0. The number of rotatable bonds is 6.